The molecule has 7 nitrogen and oxygen atoms in total. The lowest BCUT2D eigenvalue weighted by Gasteiger charge is -2.27. The third kappa shape index (κ3) is 4.12. The number of allylic oxidation sites excluding steroid dienone is 2. The van der Waals surface area contributed by atoms with Gasteiger partial charge in [-0.05, 0) is 42.4 Å². The van der Waals surface area contributed by atoms with Gasteiger partial charge >= 0.3 is 0 Å². The van der Waals surface area contributed by atoms with Gasteiger partial charge in [-0.2, -0.15) is 0 Å². The summed E-state index contributed by atoms with van der Waals surface area (Å²) in [6.07, 6.45) is 5.92. The lowest BCUT2D eigenvalue weighted by atomic mass is 9.84. The minimum absolute atomic E-state index is 0.0272. The van der Waals surface area contributed by atoms with E-state index in [1.165, 1.54) is 10.5 Å². The van der Waals surface area contributed by atoms with Gasteiger partial charge in [0.1, 0.15) is 5.75 Å². The zero-order valence-electron chi connectivity index (χ0n) is 19.4. The van der Waals surface area contributed by atoms with E-state index in [2.05, 4.69) is 53.8 Å². The van der Waals surface area contributed by atoms with Crippen LogP contribution < -0.4 is 15.4 Å². The molecule has 2 fully saturated rings. The molecule has 1 aromatic carbocycles. The van der Waals surface area contributed by atoms with Crippen molar-refractivity contribution in [3.8, 4) is 5.75 Å². The Balaban J connectivity index is 1.23. The highest BCUT2D eigenvalue weighted by Crippen LogP contribution is 2.52. The van der Waals surface area contributed by atoms with Gasteiger partial charge in [-0.15, -0.1) is 0 Å². The zero-order valence-corrected chi connectivity index (χ0v) is 19.4. The molecule has 2 N–H and O–H groups in total. The van der Waals surface area contributed by atoms with Gasteiger partial charge in [-0.25, -0.2) is 0 Å². The molecule has 4 unspecified atom stereocenters. The van der Waals surface area contributed by atoms with Crippen LogP contribution in [0.3, 0.4) is 0 Å². The van der Waals surface area contributed by atoms with Crippen LogP contribution in [-0.2, 0) is 15.0 Å². The third-order valence-corrected chi connectivity index (χ3v) is 7.19. The molecule has 4 atom stereocenters. The zero-order chi connectivity index (χ0) is 22.9. The highest BCUT2D eigenvalue weighted by Gasteiger charge is 2.58. The minimum Gasteiger partial charge on any atom is -0.497 e. The monoisotopic (exact) mass is 438 g/mol. The quantitative estimate of drug-likeness (QED) is 0.214. The maximum absolute atomic E-state index is 12.8. The highest BCUT2D eigenvalue weighted by atomic mass is 16.5. The Morgan fingerprint density at radius 2 is 1.84 bits per heavy atom. The molecule has 4 rings (SSSR count). The van der Waals surface area contributed by atoms with Crippen LogP contribution in [0.5, 0.6) is 5.75 Å². The van der Waals surface area contributed by atoms with E-state index in [-0.39, 0.29) is 40.9 Å². The summed E-state index contributed by atoms with van der Waals surface area (Å²) in [5.74, 6) is 1.91. The predicted molar refractivity (Wildman–Crippen MR) is 124 cm³/mol. The van der Waals surface area contributed by atoms with Crippen LogP contribution in [0.25, 0.3) is 0 Å². The van der Waals surface area contributed by atoms with Gasteiger partial charge in [0.2, 0.25) is 11.8 Å². The van der Waals surface area contributed by atoms with E-state index >= 15 is 0 Å². The van der Waals surface area contributed by atoms with Crippen molar-refractivity contribution in [2.24, 2.45) is 28.7 Å². The number of nitrogens with one attached hydrogen (secondary N) is 2. The molecule has 2 bridgehead atoms. The second kappa shape index (κ2) is 8.96. The Morgan fingerprint density at radius 3 is 2.47 bits per heavy atom. The van der Waals surface area contributed by atoms with E-state index in [1.54, 1.807) is 14.2 Å². The number of likely N-dealkylation sites (tertiary alicyclic amines) is 1. The molecule has 172 valence electrons. The summed E-state index contributed by atoms with van der Waals surface area (Å²) in [5, 5.41) is 6.69. The number of ether oxygens (including phenoxy) is 1. The normalized spacial score (nSPS) is 26.6. The Labute approximate surface area is 190 Å². The lowest BCUT2D eigenvalue weighted by Crippen LogP contribution is -2.44. The smallest absolute Gasteiger partial charge is 0.233 e. The number of aliphatic imine (C=N–C) groups is 1. The van der Waals surface area contributed by atoms with E-state index in [4.69, 9.17) is 4.74 Å². The molecule has 1 saturated carbocycles. The molecule has 2 aliphatic carbocycles. The van der Waals surface area contributed by atoms with Gasteiger partial charge in [0.15, 0.2) is 5.96 Å². The highest BCUT2D eigenvalue weighted by molar-refractivity contribution is 6.06. The average Bonchev–Trinajstić information content (AvgIpc) is 3.48. The first-order valence-corrected chi connectivity index (χ1v) is 11.5. The van der Waals surface area contributed by atoms with E-state index in [9.17, 15) is 9.59 Å². The second-order valence-corrected chi connectivity index (χ2v) is 9.65. The summed E-state index contributed by atoms with van der Waals surface area (Å²) in [6, 6.07) is 8.10. The van der Waals surface area contributed by atoms with Crippen LogP contribution in [0.2, 0.25) is 0 Å². The van der Waals surface area contributed by atoms with Gasteiger partial charge in [0, 0.05) is 32.1 Å². The van der Waals surface area contributed by atoms with Crippen molar-refractivity contribution in [1.29, 1.82) is 0 Å². The van der Waals surface area contributed by atoms with Crippen molar-refractivity contribution < 1.29 is 14.3 Å². The number of rotatable bonds is 8. The predicted octanol–water partition coefficient (Wildman–Crippen LogP) is 2.34. The number of imide groups is 1. The van der Waals surface area contributed by atoms with Gasteiger partial charge < -0.3 is 15.4 Å². The van der Waals surface area contributed by atoms with E-state index in [0.29, 0.717) is 32.0 Å². The van der Waals surface area contributed by atoms with Gasteiger partial charge in [-0.1, -0.05) is 38.1 Å². The number of nitrogens with zero attached hydrogens (tertiary/aromatic N) is 2. The van der Waals surface area contributed by atoms with Crippen molar-refractivity contribution in [3.63, 3.8) is 0 Å². The number of carbonyl (C=O) groups excluding carboxylic acids is 2. The van der Waals surface area contributed by atoms with Crippen LogP contribution in [0.15, 0.2) is 41.4 Å². The topological polar surface area (TPSA) is 83.0 Å². The summed E-state index contributed by atoms with van der Waals surface area (Å²) in [7, 11) is 3.41. The van der Waals surface area contributed by atoms with Crippen molar-refractivity contribution in [3.05, 3.63) is 42.0 Å². The number of fused-ring (bicyclic) bond motifs is 5. The molecular weight excluding hydrogens is 404 g/mol. The second-order valence-electron chi connectivity index (χ2n) is 9.65. The number of hydrogen-bond donors (Lipinski definition) is 2. The number of hydrogen-bond acceptors (Lipinski definition) is 4. The number of guanidine groups is 1. The molecular formula is C25H34N4O3. The molecule has 1 aromatic rings. The van der Waals surface area contributed by atoms with Crippen LogP contribution in [0, 0.1) is 23.7 Å². The fourth-order valence-corrected chi connectivity index (χ4v) is 5.30. The summed E-state index contributed by atoms with van der Waals surface area (Å²) in [4.78, 5) is 31.3. The molecule has 0 radical (unpaired) electrons. The first-order valence-electron chi connectivity index (χ1n) is 11.5. The number of carbonyl (C=O) groups is 2. The number of amides is 2. The Kier molecular flexibility index (Phi) is 6.26. The number of benzene rings is 1. The minimum atomic E-state index is -0.119. The van der Waals surface area contributed by atoms with Crippen LogP contribution in [0.4, 0.5) is 0 Å². The fraction of sp³-hybridized carbons (Fsp3) is 0.560. The Morgan fingerprint density at radius 1 is 1.16 bits per heavy atom. The first kappa shape index (κ1) is 22.4. The van der Waals surface area contributed by atoms with Gasteiger partial charge in [-0.3, -0.25) is 19.5 Å². The molecule has 1 heterocycles. The van der Waals surface area contributed by atoms with Crippen molar-refractivity contribution >= 4 is 17.8 Å². The summed E-state index contributed by atoms with van der Waals surface area (Å²) in [5.41, 5.74) is 1.06. The summed E-state index contributed by atoms with van der Waals surface area (Å²) < 4.78 is 5.35. The van der Waals surface area contributed by atoms with Crippen LogP contribution in [0.1, 0.15) is 32.3 Å². The third-order valence-electron chi connectivity index (χ3n) is 7.19. The maximum atomic E-state index is 12.8. The molecule has 3 aliphatic rings. The van der Waals surface area contributed by atoms with E-state index in [0.717, 1.165) is 12.2 Å². The Hall–Kier alpha value is -2.83. The lowest BCUT2D eigenvalue weighted by molar-refractivity contribution is -0.140. The van der Waals surface area contributed by atoms with Crippen molar-refractivity contribution in [1.82, 2.24) is 15.5 Å². The molecule has 32 heavy (non-hydrogen) atoms. The molecule has 1 aliphatic heterocycles. The van der Waals surface area contributed by atoms with Crippen LogP contribution in [-0.4, -0.2) is 56.5 Å². The SMILES string of the molecule is CN=C(NCCCN1C(=O)C2C3C=CC(C3)C2C1=O)NCC(C)(C)c1cccc(OC)c1. The van der Waals surface area contributed by atoms with Gasteiger partial charge in [0.05, 0.1) is 18.9 Å². The standard InChI is InChI=1S/C25H34N4O3/c1-25(2,18-7-5-8-19(14-18)32-4)15-28-24(26-3)27-11-6-12-29-22(30)20-16-9-10-17(13-16)21(20)23(29)31/h5,7-10,14,16-17,20-21H,6,11-13,15H2,1-4H3,(H2,26,27,28). The van der Waals surface area contributed by atoms with Crippen LogP contribution >= 0.6 is 0 Å². The number of methoxy groups -OCH3 is 1. The molecule has 2 amide bonds. The van der Waals surface area contributed by atoms with Crippen molar-refractivity contribution in [2.75, 3.05) is 33.8 Å². The molecule has 0 aromatic heterocycles. The van der Waals surface area contributed by atoms with Gasteiger partial charge in [0.25, 0.3) is 0 Å². The maximum Gasteiger partial charge on any atom is 0.233 e. The van der Waals surface area contributed by atoms with E-state index < -0.39 is 0 Å². The first-order chi connectivity index (χ1) is 15.4. The largest absolute Gasteiger partial charge is 0.497 e. The average molecular weight is 439 g/mol. The summed E-state index contributed by atoms with van der Waals surface area (Å²) in [6.45, 7) is 6.14. The van der Waals surface area contributed by atoms with Crippen molar-refractivity contribution in [2.45, 2.75) is 32.1 Å². The summed E-state index contributed by atoms with van der Waals surface area (Å²) >= 11 is 0. The molecule has 0 spiro atoms. The molecule has 7 heteroatoms. The Bertz CT molecular complexity index is 909. The molecule has 1 saturated heterocycles. The van der Waals surface area contributed by atoms with E-state index in [1.807, 2.05) is 12.1 Å². The fourth-order valence-electron chi connectivity index (χ4n) is 5.30.